The Bertz CT molecular complexity index is 368. The lowest BCUT2D eigenvalue weighted by Crippen LogP contribution is -2.07. The summed E-state index contributed by atoms with van der Waals surface area (Å²) in [5, 5.41) is 0. The van der Waals surface area contributed by atoms with E-state index in [4.69, 9.17) is 9.31 Å². The Morgan fingerprint density at radius 2 is 0.436 bits per heavy atom. The molecule has 0 aliphatic carbocycles. The molecule has 2 nitrogen and oxygen atoms in total. The zero-order valence-electron chi connectivity index (χ0n) is 27.4. The predicted molar refractivity (Wildman–Crippen MR) is 177 cm³/mol. The monoisotopic (exact) mass is 550 g/mol. The molecule has 0 saturated carbocycles. The summed E-state index contributed by atoms with van der Waals surface area (Å²) < 4.78 is 11.1. The van der Waals surface area contributed by atoms with Crippen LogP contribution in [0.15, 0.2) is 0 Å². The standard InChI is InChI=1S/C36H74BO2/c1-3-5-7-9-11-13-15-17-19-21-23-25-27-29-31-33-35-38-37-39-36-34-32-30-28-26-24-22-20-18-16-14-12-10-8-6-4-2/h3-36H2,1-2H3. The average Bonchev–Trinajstić information content (AvgIpc) is 2.95. The van der Waals surface area contributed by atoms with Gasteiger partial charge < -0.3 is 9.31 Å². The molecule has 0 fully saturated rings. The molecule has 39 heavy (non-hydrogen) atoms. The first-order valence-corrected chi connectivity index (χ1v) is 18.5. The summed E-state index contributed by atoms with van der Waals surface area (Å²) in [6.07, 6.45) is 45.1. The van der Waals surface area contributed by atoms with Gasteiger partial charge in [-0.1, -0.05) is 206 Å². The van der Waals surface area contributed by atoms with Crippen LogP contribution < -0.4 is 0 Å². The number of hydrogen-bond acceptors (Lipinski definition) is 2. The van der Waals surface area contributed by atoms with Crippen molar-refractivity contribution in [2.75, 3.05) is 13.2 Å². The van der Waals surface area contributed by atoms with Gasteiger partial charge in [0.2, 0.25) is 0 Å². The molecule has 0 bridgehead atoms. The molecule has 0 unspecified atom stereocenters. The van der Waals surface area contributed by atoms with Crippen molar-refractivity contribution in [1.29, 1.82) is 0 Å². The van der Waals surface area contributed by atoms with Gasteiger partial charge in [0.15, 0.2) is 0 Å². The normalized spacial score (nSPS) is 11.4. The quantitative estimate of drug-likeness (QED) is 0.0571. The molecule has 0 amide bonds. The maximum absolute atomic E-state index is 5.53. The van der Waals surface area contributed by atoms with E-state index in [1.807, 2.05) is 0 Å². The third-order valence-corrected chi connectivity index (χ3v) is 8.37. The third kappa shape index (κ3) is 38.0. The van der Waals surface area contributed by atoms with E-state index >= 15 is 0 Å². The molecule has 0 saturated heterocycles. The molecule has 0 aromatic carbocycles. The highest BCUT2D eigenvalue weighted by Crippen LogP contribution is 2.15. The molecular weight excluding hydrogens is 475 g/mol. The Kier molecular flexibility index (Phi) is 38.0. The van der Waals surface area contributed by atoms with E-state index in [0.29, 0.717) is 0 Å². The Hall–Kier alpha value is -0.0151. The number of hydrogen-bond donors (Lipinski definition) is 0. The van der Waals surface area contributed by atoms with Crippen LogP contribution in [0, 0.1) is 0 Å². The highest BCUT2D eigenvalue weighted by Gasteiger charge is 1.98. The molecule has 233 valence electrons. The minimum absolute atomic E-state index is 0.817. The smallest absolute Gasteiger partial charge is 0.413 e. The van der Waals surface area contributed by atoms with Gasteiger partial charge in [-0.05, 0) is 12.8 Å². The average molecular weight is 550 g/mol. The third-order valence-electron chi connectivity index (χ3n) is 8.37. The fourth-order valence-electron chi connectivity index (χ4n) is 5.61. The van der Waals surface area contributed by atoms with Crippen molar-refractivity contribution in [3.05, 3.63) is 0 Å². The first kappa shape index (κ1) is 39.0. The molecule has 0 atom stereocenters. The van der Waals surface area contributed by atoms with Crippen molar-refractivity contribution in [2.24, 2.45) is 0 Å². The molecule has 0 rings (SSSR count). The highest BCUT2D eigenvalue weighted by atomic mass is 16.6. The van der Waals surface area contributed by atoms with Gasteiger partial charge in [0.05, 0.1) is 0 Å². The predicted octanol–water partition coefficient (Wildman–Crippen LogP) is 13.1. The largest absolute Gasteiger partial charge is 0.487 e. The van der Waals surface area contributed by atoms with Crippen LogP contribution in [0.4, 0.5) is 0 Å². The zero-order chi connectivity index (χ0) is 28.2. The summed E-state index contributed by atoms with van der Waals surface area (Å²) in [7, 11) is 1.59. The summed E-state index contributed by atoms with van der Waals surface area (Å²) in [5.74, 6) is 0. The molecular formula is C36H74BO2. The van der Waals surface area contributed by atoms with Crippen molar-refractivity contribution in [1.82, 2.24) is 0 Å². The van der Waals surface area contributed by atoms with Crippen LogP contribution in [-0.2, 0) is 9.31 Å². The molecule has 3 heteroatoms. The van der Waals surface area contributed by atoms with Gasteiger partial charge >= 0.3 is 7.69 Å². The second-order valence-corrected chi connectivity index (χ2v) is 12.4. The van der Waals surface area contributed by atoms with Gasteiger partial charge in [0.25, 0.3) is 0 Å². The van der Waals surface area contributed by atoms with Crippen LogP contribution in [0.3, 0.4) is 0 Å². The van der Waals surface area contributed by atoms with Gasteiger partial charge in [0.1, 0.15) is 0 Å². The number of rotatable bonds is 36. The van der Waals surface area contributed by atoms with Gasteiger partial charge in [-0.15, -0.1) is 0 Å². The second-order valence-electron chi connectivity index (χ2n) is 12.4. The van der Waals surface area contributed by atoms with Crippen molar-refractivity contribution < 1.29 is 9.31 Å². The molecule has 0 N–H and O–H groups in total. The van der Waals surface area contributed by atoms with Gasteiger partial charge in [-0.25, -0.2) is 0 Å². The van der Waals surface area contributed by atoms with Crippen LogP contribution in [0.25, 0.3) is 0 Å². The molecule has 0 aliphatic rings. The molecule has 0 aromatic rings. The van der Waals surface area contributed by atoms with E-state index in [1.54, 1.807) is 7.69 Å². The Balaban J connectivity index is 3.01. The Labute approximate surface area is 249 Å². The lowest BCUT2D eigenvalue weighted by atomic mass is 10.0. The van der Waals surface area contributed by atoms with Crippen molar-refractivity contribution in [3.63, 3.8) is 0 Å². The Morgan fingerprint density at radius 3 is 0.641 bits per heavy atom. The summed E-state index contributed by atoms with van der Waals surface area (Å²) in [6, 6.07) is 0. The fourth-order valence-corrected chi connectivity index (χ4v) is 5.61. The first-order valence-electron chi connectivity index (χ1n) is 18.5. The maximum Gasteiger partial charge on any atom is 0.487 e. The minimum Gasteiger partial charge on any atom is -0.413 e. The highest BCUT2D eigenvalue weighted by molar-refractivity contribution is 6.17. The zero-order valence-corrected chi connectivity index (χ0v) is 27.4. The first-order chi connectivity index (χ1) is 19.4. The SMILES string of the molecule is CCCCCCCCCCCCCCCCCCO[B]OCCCCCCCCCCCCCCCCCC. The lowest BCUT2D eigenvalue weighted by molar-refractivity contribution is 0.213. The van der Waals surface area contributed by atoms with Gasteiger partial charge in [-0.2, -0.15) is 0 Å². The van der Waals surface area contributed by atoms with Gasteiger partial charge in [-0.3, -0.25) is 0 Å². The topological polar surface area (TPSA) is 18.5 Å². The maximum atomic E-state index is 5.53. The molecule has 0 aromatic heterocycles. The molecule has 1 radical (unpaired) electrons. The minimum atomic E-state index is 0.817. The molecule has 0 heterocycles. The lowest BCUT2D eigenvalue weighted by Gasteiger charge is -2.05. The molecule has 0 spiro atoms. The van der Waals surface area contributed by atoms with Crippen LogP contribution in [0.5, 0.6) is 0 Å². The van der Waals surface area contributed by atoms with E-state index < -0.39 is 0 Å². The van der Waals surface area contributed by atoms with Crippen LogP contribution in [-0.4, -0.2) is 20.9 Å². The summed E-state index contributed by atoms with van der Waals surface area (Å²) >= 11 is 0. The van der Waals surface area contributed by atoms with Gasteiger partial charge in [0, 0.05) is 13.2 Å². The van der Waals surface area contributed by atoms with Crippen molar-refractivity contribution in [3.8, 4) is 0 Å². The second kappa shape index (κ2) is 38.0. The summed E-state index contributed by atoms with van der Waals surface area (Å²) in [6.45, 7) is 6.23. The van der Waals surface area contributed by atoms with Crippen molar-refractivity contribution in [2.45, 2.75) is 219 Å². The summed E-state index contributed by atoms with van der Waals surface area (Å²) in [4.78, 5) is 0. The van der Waals surface area contributed by atoms with E-state index in [0.717, 1.165) is 26.1 Å². The van der Waals surface area contributed by atoms with Crippen LogP contribution >= 0.6 is 0 Å². The fraction of sp³-hybridized carbons (Fsp3) is 1.00. The van der Waals surface area contributed by atoms with E-state index in [1.165, 1.54) is 193 Å². The van der Waals surface area contributed by atoms with E-state index in [2.05, 4.69) is 13.8 Å². The van der Waals surface area contributed by atoms with Crippen molar-refractivity contribution >= 4 is 7.69 Å². The van der Waals surface area contributed by atoms with E-state index in [-0.39, 0.29) is 0 Å². The summed E-state index contributed by atoms with van der Waals surface area (Å²) in [5.41, 5.74) is 0. The molecule has 0 aliphatic heterocycles. The van der Waals surface area contributed by atoms with Crippen LogP contribution in [0.1, 0.15) is 219 Å². The number of unbranched alkanes of at least 4 members (excludes halogenated alkanes) is 30. The van der Waals surface area contributed by atoms with E-state index in [9.17, 15) is 0 Å². The van der Waals surface area contributed by atoms with Crippen LogP contribution in [0.2, 0.25) is 0 Å². The Morgan fingerprint density at radius 1 is 0.256 bits per heavy atom.